The van der Waals surface area contributed by atoms with Gasteiger partial charge in [-0.1, -0.05) is 37.6 Å². The monoisotopic (exact) mass is 427 g/mol. The normalized spacial score (nSPS) is 20.8. The van der Waals surface area contributed by atoms with Crippen LogP contribution in [0.3, 0.4) is 0 Å². The maximum absolute atomic E-state index is 13.9. The molecule has 2 aliphatic rings. The first kappa shape index (κ1) is 22.6. The van der Waals surface area contributed by atoms with Gasteiger partial charge in [-0.2, -0.15) is 13.9 Å². The van der Waals surface area contributed by atoms with Gasteiger partial charge in [0.1, 0.15) is 5.82 Å². The molecule has 1 fully saturated rings. The predicted molar refractivity (Wildman–Crippen MR) is 108 cm³/mol. The van der Waals surface area contributed by atoms with E-state index in [4.69, 9.17) is 0 Å². The van der Waals surface area contributed by atoms with Crippen LogP contribution in [-0.2, 0) is 18.3 Å². The molecule has 0 spiro atoms. The summed E-state index contributed by atoms with van der Waals surface area (Å²) in [5.74, 6) is -9.87. The largest absolute Gasteiger partial charge is 0.312 e. The van der Waals surface area contributed by atoms with E-state index in [-0.39, 0.29) is 12.8 Å². The number of nitrogens with zero attached hydrogens (tertiary/aromatic N) is 2. The number of aryl methyl sites for hydroxylation is 1. The summed E-state index contributed by atoms with van der Waals surface area (Å²) in [5, 5.41) is 7.29. The summed E-state index contributed by atoms with van der Waals surface area (Å²) in [6.45, 7) is 1.15. The summed E-state index contributed by atoms with van der Waals surface area (Å²) in [6.07, 6.45) is 12.2. The molecule has 1 aromatic heterocycles. The van der Waals surface area contributed by atoms with E-state index >= 15 is 0 Å². The van der Waals surface area contributed by atoms with Crippen LogP contribution in [0.5, 0.6) is 0 Å². The van der Waals surface area contributed by atoms with Gasteiger partial charge in [0.2, 0.25) is 5.91 Å². The fraction of sp³-hybridized carbons (Fsp3) is 0.636. The Morgan fingerprint density at radius 2 is 2.00 bits per heavy atom. The van der Waals surface area contributed by atoms with Crippen molar-refractivity contribution in [2.45, 2.75) is 70.1 Å². The number of anilines is 1. The Kier molecular flexibility index (Phi) is 6.43. The number of hydrogen-bond acceptors (Lipinski definition) is 2. The first-order chi connectivity index (χ1) is 14.0. The van der Waals surface area contributed by atoms with Crippen molar-refractivity contribution in [1.29, 1.82) is 0 Å². The lowest BCUT2D eigenvalue weighted by molar-refractivity contribution is -0.223. The molecule has 8 heteroatoms. The van der Waals surface area contributed by atoms with Gasteiger partial charge in [-0.05, 0) is 37.5 Å². The van der Waals surface area contributed by atoms with Crippen molar-refractivity contribution < 1.29 is 22.4 Å². The molecule has 4 nitrogen and oxygen atoms in total. The third kappa shape index (κ3) is 4.62. The van der Waals surface area contributed by atoms with Gasteiger partial charge in [0, 0.05) is 31.9 Å². The van der Waals surface area contributed by atoms with Crippen molar-refractivity contribution >= 4 is 11.7 Å². The first-order valence-electron chi connectivity index (χ1n) is 10.4. The molecular formula is C22H29F4N3O. The SMILES string of the molecule is C[C@H](CC(=O)Nc1c(C2CCC2)c(CC2C=CC=CC2)nn1C)C(F)(F)C(C)(F)F. The second kappa shape index (κ2) is 8.55. The first-order valence-corrected chi connectivity index (χ1v) is 10.4. The molecule has 1 unspecified atom stereocenters. The molecule has 0 saturated heterocycles. The average molecular weight is 427 g/mol. The summed E-state index contributed by atoms with van der Waals surface area (Å²) in [4.78, 5) is 12.5. The minimum atomic E-state index is -4.26. The van der Waals surface area contributed by atoms with Gasteiger partial charge in [-0.25, -0.2) is 8.78 Å². The zero-order valence-electron chi connectivity index (χ0n) is 17.6. The van der Waals surface area contributed by atoms with Crippen LogP contribution in [0.15, 0.2) is 24.3 Å². The molecule has 166 valence electrons. The lowest BCUT2D eigenvalue weighted by Crippen LogP contribution is -2.44. The minimum absolute atomic E-state index is 0.179. The highest BCUT2D eigenvalue weighted by molar-refractivity contribution is 5.91. The zero-order valence-corrected chi connectivity index (χ0v) is 17.6. The molecule has 1 aromatic rings. The average Bonchev–Trinajstić information content (AvgIpc) is 2.89. The number of rotatable bonds is 8. The fourth-order valence-electron chi connectivity index (χ4n) is 4.07. The molecule has 0 aliphatic heterocycles. The van der Waals surface area contributed by atoms with E-state index in [2.05, 4.69) is 22.6 Å². The molecule has 2 atom stereocenters. The molecule has 1 amide bonds. The van der Waals surface area contributed by atoms with E-state index in [1.807, 2.05) is 12.2 Å². The van der Waals surface area contributed by atoms with Gasteiger partial charge < -0.3 is 5.32 Å². The number of halogens is 4. The maximum Gasteiger partial charge on any atom is 0.312 e. The van der Waals surface area contributed by atoms with Crippen LogP contribution in [0, 0.1) is 11.8 Å². The summed E-state index contributed by atoms with van der Waals surface area (Å²) >= 11 is 0. The predicted octanol–water partition coefficient (Wildman–Crippen LogP) is 5.62. The van der Waals surface area contributed by atoms with Crippen LogP contribution < -0.4 is 5.32 Å². The highest BCUT2D eigenvalue weighted by atomic mass is 19.3. The Bertz CT molecular complexity index is 834. The second-order valence-corrected chi connectivity index (χ2v) is 8.64. The molecule has 30 heavy (non-hydrogen) atoms. The number of alkyl halides is 4. The van der Waals surface area contributed by atoms with E-state index in [9.17, 15) is 22.4 Å². The van der Waals surface area contributed by atoms with Gasteiger partial charge >= 0.3 is 11.8 Å². The van der Waals surface area contributed by atoms with E-state index in [0.29, 0.717) is 11.7 Å². The standard InChI is InChI=1S/C22H29F4N3O/c1-14(22(25,26)21(2,23)24)12-18(30)27-20-19(16-10-7-11-16)17(28-29(20)3)13-15-8-5-4-6-9-15/h4-6,8,14-16H,7,9-13H2,1-3H3,(H,27,30)/t14-,15?/m1/s1. The Morgan fingerprint density at radius 1 is 1.30 bits per heavy atom. The Balaban J connectivity index is 1.77. The van der Waals surface area contributed by atoms with Crippen LogP contribution in [0.4, 0.5) is 23.4 Å². The molecule has 0 bridgehead atoms. The third-order valence-corrected chi connectivity index (χ3v) is 6.15. The highest BCUT2D eigenvalue weighted by Crippen LogP contribution is 2.43. The smallest absolute Gasteiger partial charge is 0.311 e. The Morgan fingerprint density at radius 3 is 2.53 bits per heavy atom. The Hall–Kier alpha value is -2.12. The number of hydrogen-bond donors (Lipinski definition) is 1. The number of carbonyl (C=O) groups is 1. The number of amides is 1. The van der Waals surface area contributed by atoms with Gasteiger partial charge in [-0.3, -0.25) is 9.48 Å². The van der Waals surface area contributed by atoms with Crippen molar-refractivity contribution in [3.05, 3.63) is 35.6 Å². The van der Waals surface area contributed by atoms with Gasteiger partial charge in [0.25, 0.3) is 0 Å². The van der Waals surface area contributed by atoms with Gasteiger partial charge in [-0.15, -0.1) is 0 Å². The topological polar surface area (TPSA) is 46.9 Å². The molecule has 1 N–H and O–H groups in total. The van der Waals surface area contributed by atoms with Crippen LogP contribution >= 0.6 is 0 Å². The van der Waals surface area contributed by atoms with E-state index in [0.717, 1.165) is 50.3 Å². The minimum Gasteiger partial charge on any atom is -0.311 e. The third-order valence-electron chi connectivity index (χ3n) is 6.15. The maximum atomic E-state index is 13.9. The molecular weight excluding hydrogens is 398 g/mol. The summed E-state index contributed by atoms with van der Waals surface area (Å²) in [6, 6.07) is 0. The second-order valence-electron chi connectivity index (χ2n) is 8.64. The number of aromatic nitrogens is 2. The van der Waals surface area contributed by atoms with E-state index in [1.165, 1.54) is 0 Å². The lowest BCUT2D eigenvalue weighted by Gasteiger charge is -2.29. The van der Waals surface area contributed by atoms with Crippen molar-refractivity contribution in [2.75, 3.05) is 5.32 Å². The molecule has 0 radical (unpaired) electrons. The van der Waals surface area contributed by atoms with Crippen molar-refractivity contribution in [1.82, 2.24) is 9.78 Å². The van der Waals surface area contributed by atoms with Crippen molar-refractivity contribution in [2.24, 2.45) is 18.9 Å². The van der Waals surface area contributed by atoms with Crippen LogP contribution in [0.1, 0.15) is 63.1 Å². The zero-order chi connectivity index (χ0) is 22.1. The summed E-state index contributed by atoms with van der Waals surface area (Å²) in [5.41, 5.74) is 1.86. The van der Waals surface area contributed by atoms with Crippen LogP contribution in [0.25, 0.3) is 0 Å². The van der Waals surface area contributed by atoms with Crippen LogP contribution in [-0.4, -0.2) is 27.5 Å². The Labute approximate surface area is 174 Å². The van der Waals surface area contributed by atoms with Crippen molar-refractivity contribution in [3.63, 3.8) is 0 Å². The van der Waals surface area contributed by atoms with E-state index < -0.39 is 30.1 Å². The molecule has 1 heterocycles. The molecule has 2 aliphatic carbocycles. The quantitative estimate of drug-likeness (QED) is 0.548. The molecule has 3 rings (SSSR count). The molecule has 1 saturated carbocycles. The van der Waals surface area contributed by atoms with Crippen LogP contribution in [0.2, 0.25) is 0 Å². The van der Waals surface area contributed by atoms with Gasteiger partial charge in [0.15, 0.2) is 0 Å². The number of nitrogens with one attached hydrogen (secondary N) is 1. The molecule has 0 aromatic carbocycles. The number of allylic oxidation sites excluding steroid dienone is 4. The van der Waals surface area contributed by atoms with Crippen molar-refractivity contribution in [3.8, 4) is 0 Å². The summed E-state index contributed by atoms with van der Waals surface area (Å²) < 4.78 is 55.8. The summed E-state index contributed by atoms with van der Waals surface area (Å²) in [7, 11) is 1.70. The number of carbonyl (C=O) groups excluding carboxylic acids is 1. The van der Waals surface area contributed by atoms with E-state index in [1.54, 1.807) is 11.7 Å². The van der Waals surface area contributed by atoms with Gasteiger partial charge in [0.05, 0.1) is 5.69 Å². The lowest BCUT2D eigenvalue weighted by atomic mass is 9.78. The fourth-order valence-corrected chi connectivity index (χ4v) is 4.07. The highest BCUT2D eigenvalue weighted by Gasteiger charge is 2.56.